The molecule has 1 aliphatic rings. The van der Waals surface area contributed by atoms with Crippen molar-refractivity contribution in [3.05, 3.63) is 29.8 Å². The number of benzene rings is 1. The number of nitrogens with zero attached hydrogens (tertiary/aromatic N) is 1. The van der Waals surface area contributed by atoms with Gasteiger partial charge in [0.15, 0.2) is 6.04 Å². The van der Waals surface area contributed by atoms with E-state index in [4.69, 9.17) is 5.11 Å². The third-order valence-electron chi connectivity index (χ3n) is 2.78. The fourth-order valence-corrected chi connectivity index (χ4v) is 3.59. The Bertz CT molecular complexity index is 638. The fraction of sp³-hybridized carbons (Fsp3) is 0.273. The molecule has 0 radical (unpaired) electrons. The lowest BCUT2D eigenvalue weighted by Crippen LogP contribution is -2.47. The zero-order valence-electron chi connectivity index (χ0n) is 9.94. The third-order valence-corrected chi connectivity index (χ3v) is 4.63. The quantitative estimate of drug-likeness (QED) is 0.742. The first-order chi connectivity index (χ1) is 8.95. The lowest BCUT2D eigenvalue weighted by Gasteiger charge is -2.22. The van der Waals surface area contributed by atoms with Crippen LogP contribution < -0.4 is 0 Å². The number of aliphatic hydroxyl groups is 1. The van der Waals surface area contributed by atoms with Gasteiger partial charge in [-0.05, 0) is 12.1 Å². The van der Waals surface area contributed by atoms with Crippen molar-refractivity contribution < 1.29 is 27.9 Å². The van der Waals surface area contributed by atoms with E-state index in [1.165, 1.54) is 24.3 Å². The summed E-state index contributed by atoms with van der Waals surface area (Å²) in [6.45, 7) is -0.842. The van der Waals surface area contributed by atoms with Crippen molar-refractivity contribution in [2.45, 2.75) is 10.9 Å². The van der Waals surface area contributed by atoms with Gasteiger partial charge in [0.1, 0.15) is 4.90 Å². The maximum Gasteiger partial charge on any atom is 0.332 e. The number of hydrogen-bond acceptors (Lipinski definition) is 6. The molecule has 0 aromatic heterocycles. The summed E-state index contributed by atoms with van der Waals surface area (Å²) in [6.07, 6.45) is 0. The maximum atomic E-state index is 12.2. The van der Waals surface area contributed by atoms with Crippen LogP contribution in [0.4, 0.5) is 0 Å². The van der Waals surface area contributed by atoms with E-state index in [-0.39, 0.29) is 10.5 Å². The van der Waals surface area contributed by atoms with Gasteiger partial charge in [-0.2, -0.15) is 0 Å². The third kappa shape index (κ3) is 1.89. The van der Waals surface area contributed by atoms with Crippen LogP contribution in [0.25, 0.3) is 0 Å². The lowest BCUT2D eigenvalue weighted by atomic mass is 10.2. The normalized spacial score (nSPS) is 18.0. The van der Waals surface area contributed by atoms with Gasteiger partial charge in [0.05, 0.1) is 19.3 Å². The van der Waals surface area contributed by atoms with E-state index in [0.717, 1.165) is 7.11 Å². The first-order valence-corrected chi connectivity index (χ1v) is 6.75. The summed E-state index contributed by atoms with van der Waals surface area (Å²) < 4.78 is 29.2. The number of carbonyl (C=O) groups is 2. The second kappa shape index (κ2) is 4.63. The van der Waals surface area contributed by atoms with Crippen molar-refractivity contribution in [1.29, 1.82) is 0 Å². The Balaban J connectivity index is 2.57. The average Bonchev–Trinajstić information content (AvgIpc) is 2.61. The topological polar surface area (TPSA) is 101 Å². The standard InChI is InChI=1S/C11H11NO6S/c1-18-11(15)8(6-13)12-10(14)7-4-2-3-5-9(7)19(12,16)17/h2-5,8,13H,6H2,1H3/t8-/m0/s1. The molecule has 1 heterocycles. The number of carbonyl (C=O) groups excluding carboxylic acids is 2. The molecule has 7 nitrogen and oxygen atoms in total. The number of ether oxygens (including phenoxy) is 1. The van der Waals surface area contributed by atoms with E-state index in [1.807, 2.05) is 0 Å². The van der Waals surface area contributed by atoms with Crippen molar-refractivity contribution >= 4 is 21.9 Å². The molecule has 1 N–H and O–H groups in total. The molecule has 1 aromatic carbocycles. The number of amides is 1. The highest BCUT2D eigenvalue weighted by Crippen LogP contribution is 2.31. The molecule has 19 heavy (non-hydrogen) atoms. The van der Waals surface area contributed by atoms with Crippen LogP contribution in [0.5, 0.6) is 0 Å². The Hall–Kier alpha value is -1.93. The molecule has 0 bridgehead atoms. The van der Waals surface area contributed by atoms with Gasteiger partial charge < -0.3 is 9.84 Å². The lowest BCUT2D eigenvalue weighted by molar-refractivity contribution is -0.145. The summed E-state index contributed by atoms with van der Waals surface area (Å²) in [5.74, 6) is -1.84. The molecule has 1 amide bonds. The fourth-order valence-electron chi connectivity index (χ4n) is 1.89. The molecule has 0 saturated heterocycles. The second-order valence-electron chi connectivity index (χ2n) is 3.82. The molecule has 2 rings (SSSR count). The summed E-state index contributed by atoms with van der Waals surface area (Å²) in [5.41, 5.74) is -0.0233. The molecule has 0 spiro atoms. The molecule has 1 aliphatic heterocycles. The molecule has 8 heteroatoms. The highest BCUT2D eigenvalue weighted by atomic mass is 32.2. The molecule has 0 unspecified atom stereocenters. The van der Waals surface area contributed by atoms with E-state index < -0.39 is 34.5 Å². The Morgan fingerprint density at radius 1 is 1.42 bits per heavy atom. The number of methoxy groups -OCH3 is 1. The number of hydrogen-bond donors (Lipinski definition) is 1. The van der Waals surface area contributed by atoms with E-state index in [9.17, 15) is 18.0 Å². The predicted molar refractivity (Wildman–Crippen MR) is 62.7 cm³/mol. The predicted octanol–water partition coefficient (Wildman–Crippen LogP) is -0.635. The van der Waals surface area contributed by atoms with E-state index in [0.29, 0.717) is 4.31 Å². The molecule has 102 valence electrons. The van der Waals surface area contributed by atoms with Crippen LogP contribution in [0.2, 0.25) is 0 Å². The van der Waals surface area contributed by atoms with Crippen LogP contribution in [0.15, 0.2) is 29.2 Å². The summed E-state index contributed by atoms with van der Waals surface area (Å²) >= 11 is 0. The summed E-state index contributed by atoms with van der Waals surface area (Å²) in [5, 5.41) is 9.16. The number of fused-ring (bicyclic) bond motifs is 1. The largest absolute Gasteiger partial charge is 0.467 e. The van der Waals surface area contributed by atoms with Gasteiger partial charge in [0, 0.05) is 0 Å². The minimum Gasteiger partial charge on any atom is -0.467 e. The highest BCUT2D eigenvalue weighted by molar-refractivity contribution is 7.90. The van der Waals surface area contributed by atoms with Crippen molar-refractivity contribution in [2.75, 3.05) is 13.7 Å². The van der Waals surface area contributed by atoms with E-state index >= 15 is 0 Å². The van der Waals surface area contributed by atoms with Crippen LogP contribution in [-0.2, 0) is 19.6 Å². The Morgan fingerprint density at radius 2 is 2.05 bits per heavy atom. The molecule has 0 aliphatic carbocycles. The van der Waals surface area contributed by atoms with Crippen molar-refractivity contribution in [3.8, 4) is 0 Å². The minimum atomic E-state index is -4.14. The molecular formula is C11H11NO6S. The Labute approximate surface area is 109 Å². The summed E-state index contributed by atoms with van der Waals surface area (Å²) in [4.78, 5) is 23.4. The number of sulfonamides is 1. The summed E-state index contributed by atoms with van der Waals surface area (Å²) in [7, 11) is -3.09. The smallest absolute Gasteiger partial charge is 0.332 e. The zero-order valence-corrected chi connectivity index (χ0v) is 10.8. The molecule has 0 fully saturated rings. The van der Waals surface area contributed by atoms with Crippen LogP contribution >= 0.6 is 0 Å². The van der Waals surface area contributed by atoms with Gasteiger partial charge in [-0.1, -0.05) is 12.1 Å². The highest BCUT2D eigenvalue weighted by Gasteiger charge is 2.47. The van der Waals surface area contributed by atoms with E-state index in [1.54, 1.807) is 0 Å². The van der Waals surface area contributed by atoms with Gasteiger partial charge >= 0.3 is 5.97 Å². The maximum absolute atomic E-state index is 12.2. The zero-order chi connectivity index (χ0) is 14.2. The Kier molecular flexibility index (Phi) is 3.29. The van der Waals surface area contributed by atoms with Gasteiger partial charge in [-0.3, -0.25) is 4.79 Å². The molecular weight excluding hydrogens is 274 g/mol. The Morgan fingerprint density at radius 3 is 2.58 bits per heavy atom. The average molecular weight is 285 g/mol. The van der Waals surface area contributed by atoms with Gasteiger partial charge in [-0.15, -0.1) is 0 Å². The van der Waals surface area contributed by atoms with Crippen molar-refractivity contribution in [3.63, 3.8) is 0 Å². The first kappa shape index (κ1) is 13.5. The van der Waals surface area contributed by atoms with Crippen molar-refractivity contribution in [2.24, 2.45) is 0 Å². The SMILES string of the molecule is COC(=O)[C@H](CO)N1C(=O)c2ccccc2S1(=O)=O. The van der Waals surface area contributed by atoms with E-state index in [2.05, 4.69) is 4.74 Å². The van der Waals surface area contributed by atoms with Gasteiger partial charge in [-0.25, -0.2) is 17.5 Å². The van der Waals surface area contributed by atoms with Crippen LogP contribution in [0.1, 0.15) is 10.4 Å². The number of aliphatic hydroxyl groups excluding tert-OH is 1. The number of esters is 1. The molecule has 0 saturated carbocycles. The van der Waals surface area contributed by atoms with Crippen LogP contribution in [0.3, 0.4) is 0 Å². The van der Waals surface area contributed by atoms with Gasteiger partial charge in [0.2, 0.25) is 0 Å². The molecule has 1 aromatic rings. The number of rotatable bonds is 3. The second-order valence-corrected chi connectivity index (χ2v) is 5.61. The first-order valence-electron chi connectivity index (χ1n) is 5.31. The minimum absolute atomic E-state index is 0.0233. The molecule has 1 atom stereocenters. The summed E-state index contributed by atoms with van der Waals surface area (Å²) in [6, 6.07) is 4.03. The van der Waals surface area contributed by atoms with Gasteiger partial charge in [0.25, 0.3) is 15.9 Å². The van der Waals surface area contributed by atoms with Crippen LogP contribution in [0, 0.1) is 0 Å². The monoisotopic (exact) mass is 285 g/mol. The van der Waals surface area contributed by atoms with Crippen molar-refractivity contribution in [1.82, 2.24) is 4.31 Å². The van der Waals surface area contributed by atoms with Crippen LogP contribution in [-0.4, -0.2) is 49.5 Å².